The van der Waals surface area contributed by atoms with Crippen LogP contribution in [-0.4, -0.2) is 35.5 Å². The molecule has 1 aliphatic rings. The van der Waals surface area contributed by atoms with Gasteiger partial charge in [-0.25, -0.2) is 4.99 Å². The van der Waals surface area contributed by atoms with E-state index in [0.717, 1.165) is 25.2 Å². The highest BCUT2D eigenvalue weighted by Gasteiger charge is 2.12. The smallest absolute Gasteiger partial charge is 0.188 e. The van der Waals surface area contributed by atoms with Crippen LogP contribution in [-0.2, 0) is 19.5 Å². The standard InChI is InChI=1S/C21H29N5.HI/c22-21(24-13-11-20-10-4-5-12-23-20)25-16-18-8-2-3-9-19(18)17-26-14-6-1-7-15-26;/h2-5,8-10,12H,1,6-7,11,13-17H2,(H3,22,24,25);1H. The first-order chi connectivity index (χ1) is 12.8. The third kappa shape index (κ3) is 7.46. The summed E-state index contributed by atoms with van der Waals surface area (Å²) < 4.78 is 0. The summed E-state index contributed by atoms with van der Waals surface area (Å²) in [6, 6.07) is 14.5. The van der Waals surface area contributed by atoms with Gasteiger partial charge in [-0.05, 0) is 49.2 Å². The van der Waals surface area contributed by atoms with Crippen LogP contribution in [0.3, 0.4) is 0 Å². The molecule has 0 aliphatic carbocycles. The molecule has 1 saturated heterocycles. The molecule has 1 fully saturated rings. The number of hydrogen-bond donors (Lipinski definition) is 2. The van der Waals surface area contributed by atoms with Crippen LogP contribution in [0.2, 0.25) is 0 Å². The van der Waals surface area contributed by atoms with E-state index in [-0.39, 0.29) is 24.0 Å². The fourth-order valence-corrected chi connectivity index (χ4v) is 3.32. The second-order valence-electron chi connectivity index (χ2n) is 6.80. The number of pyridine rings is 1. The molecule has 5 nitrogen and oxygen atoms in total. The van der Waals surface area contributed by atoms with Crippen LogP contribution in [0.25, 0.3) is 0 Å². The van der Waals surface area contributed by atoms with Crippen LogP contribution in [0.4, 0.5) is 0 Å². The summed E-state index contributed by atoms with van der Waals surface area (Å²) >= 11 is 0. The topological polar surface area (TPSA) is 66.5 Å². The van der Waals surface area contributed by atoms with Gasteiger partial charge in [0, 0.05) is 31.4 Å². The Labute approximate surface area is 179 Å². The summed E-state index contributed by atoms with van der Waals surface area (Å²) in [6.07, 6.45) is 6.64. The van der Waals surface area contributed by atoms with E-state index in [1.54, 1.807) is 0 Å². The third-order valence-electron chi connectivity index (χ3n) is 4.79. The SMILES string of the molecule is I.NC(=NCc1ccccc1CN1CCCCC1)NCCc1ccccn1. The molecule has 0 bridgehead atoms. The van der Waals surface area contributed by atoms with Crippen molar-refractivity contribution >= 4 is 29.9 Å². The number of likely N-dealkylation sites (tertiary alicyclic amines) is 1. The number of aliphatic imine (C=N–C) groups is 1. The van der Waals surface area contributed by atoms with Crippen molar-refractivity contribution in [3.05, 3.63) is 65.5 Å². The van der Waals surface area contributed by atoms with Crippen molar-refractivity contribution in [1.29, 1.82) is 0 Å². The lowest BCUT2D eigenvalue weighted by molar-refractivity contribution is 0.220. The number of halogens is 1. The van der Waals surface area contributed by atoms with Gasteiger partial charge in [-0.3, -0.25) is 9.88 Å². The molecule has 1 aliphatic heterocycles. The second-order valence-corrected chi connectivity index (χ2v) is 6.80. The van der Waals surface area contributed by atoms with Gasteiger partial charge in [0.05, 0.1) is 6.54 Å². The van der Waals surface area contributed by atoms with Crippen molar-refractivity contribution in [3.8, 4) is 0 Å². The Hall–Kier alpha value is -1.67. The van der Waals surface area contributed by atoms with E-state index in [0.29, 0.717) is 12.5 Å². The van der Waals surface area contributed by atoms with Gasteiger partial charge >= 0.3 is 0 Å². The summed E-state index contributed by atoms with van der Waals surface area (Å²) in [5.41, 5.74) is 9.70. The minimum absolute atomic E-state index is 0. The highest BCUT2D eigenvalue weighted by atomic mass is 127. The van der Waals surface area contributed by atoms with Gasteiger partial charge in [-0.1, -0.05) is 36.8 Å². The van der Waals surface area contributed by atoms with E-state index in [1.165, 1.54) is 43.5 Å². The van der Waals surface area contributed by atoms with Crippen molar-refractivity contribution in [2.45, 2.75) is 38.8 Å². The number of benzene rings is 1. The van der Waals surface area contributed by atoms with E-state index in [9.17, 15) is 0 Å². The third-order valence-corrected chi connectivity index (χ3v) is 4.79. The number of nitrogens with one attached hydrogen (secondary N) is 1. The number of guanidine groups is 1. The quantitative estimate of drug-likeness (QED) is 0.363. The number of aromatic nitrogens is 1. The van der Waals surface area contributed by atoms with Gasteiger partial charge in [0.25, 0.3) is 0 Å². The molecule has 2 heterocycles. The van der Waals surface area contributed by atoms with Crippen LogP contribution in [0.1, 0.15) is 36.1 Å². The molecule has 0 unspecified atom stereocenters. The van der Waals surface area contributed by atoms with E-state index in [2.05, 4.69) is 44.5 Å². The first kappa shape index (κ1) is 21.6. The second kappa shape index (κ2) is 11.9. The zero-order chi connectivity index (χ0) is 18.0. The minimum Gasteiger partial charge on any atom is -0.370 e. The average molecular weight is 479 g/mol. The summed E-state index contributed by atoms with van der Waals surface area (Å²) in [4.78, 5) is 11.4. The fourth-order valence-electron chi connectivity index (χ4n) is 3.32. The molecule has 27 heavy (non-hydrogen) atoms. The maximum absolute atomic E-state index is 6.03. The molecule has 0 spiro atoms. The van der Waals surface area contributed by atoms with Crippen molar-refractivity contribution in [1.82, 2.24) is 15.2 Å². The van der Waals surface area contributed by atoms with Gasteiger partial charge in [-0.15, -0.1) is 24.0 Å². The summed E-state index contributed by atoms with van der Waals surface area (Å²) in [5, 5.41) is 3.18. The molecular weight excluding hydrogens is 449 g/mol. The molecule has 146 valence electrons. The Morgan fingerprint density at radius 1 is 1.04 bits per heavy atom. The highest BCUT2D eigenvalue weighted by molar-refractivity contribution is 14.0. The van der Waals surface area contributed by atoms with Crippen LogP contribution in [0.15, 0.2) is 53.7 Å². The van der Waals surface area contributed by atoms with Crippen LogP contribution in [0, 0.1) is 0 Å². The highest BCUT2D eigenvalue weighted by Crippen LogP contribution is 2.16. The van der Waals surface area contributed by atoms with E-state index < -0.39 is 0 Å². The van der Waals surface area contributed by atoms with Crippen molar-refractivity contribution in [2.75, 3.05) is 19.6 Å². The Bertz CT molecular complexity index is 699. The molecule has 6 heteroatoms. The van der Waals surface area contributed by atoms with Gasteiger partial charge in [0.2, 0.25) is 0 Å². The zero-order valence-corrected chi connectivity index (χ0v) is 18.1. The van der Waals surface area contributed by atoms with Gasteiger partial charge in [0.1, 0.15) is 0 Å². The van der Waals surface area contributed by atoms with Crippen molar-refractivity contribution in [2.24, 2.45) is 10.7 Å². The van der Waals surface area contributed by atoms with E-state index in [1.807, 2.05) is 24.4 Å². The van der Waals surface area contributed by atoms with Gasteiger partial charge < -0.3 is 11.1 Å². The molecule has 0 saturated carbocycles. The van der Waals surface area contributed by atoms with Crippen LogP contribution in [0.5, 0.6) is 0 Å². The van der Waals surface area contributed by atoms with Crippen LogP contribution >= 0.6 is 24.0 Å². The molecule has 3 N–H and O–H groups in total. The Balaban J connectivity index is 0.00000261. The number of hydrogen-bond acceptors (Lipinski definition) is 3. The predicted octanol–water partition coefficient (Wildman–Crippen LogP) is 3.33. The molecule has 3 rings (SSSR count). The lowest BCUT2D eigenvalue weighted by atomic mass is 10.1. The van der Waals surface area contributed by atoms with Gasteiger partial charge in [-0.2, -0.15) is 0 Å². The molecule has 2 aromatic rings. The first-order valence-electron chi connectivity index (χ1n) is 9.54. The van der Waals surface area contributed by atoms with Crippen LogP contribution < -0.4 is 11.1 Å². The molecule has 1 aromatic heterocycles. The number of nitrogens with two attached hydrogens (primary N) is 1. The molecule has 1 aromatic carbocycles. The summed E-state index contributed by atoms with van der Waals surface area (Å²) in [5.74, 6) is 0.494. The predicted molar refractivity (Wildman–Crippen MR) is 122 cm³/mol. The Morgan fingerprint density at radius 3 is 2.52 bits per heavy atom. The fraction of sp³-hybridized carbons (Fsp3) is 0.429. The molecular formula is C21H30IN5. The lowest BCUT2D eigenvalue weighted by Crippen LogP contribution is -2.33. The minimum atomic E-state index is 0. The van der Waals surface area contributed by atoms with Crippen molar-refractivity contribution in [3.63, 3.8) is 0 Å². The summed E-state index contributed by atoms with van der Waals surface area (Å²) in [7, 11) is 0. The maximum atomic E-state index is 6.03. The number of nitrogens with zero attached hydrogens (tertiary/aromatic N) is 3. The monoisotopic (exact) mass is 479 g/mol. The number of rotatable bonds is 7. The lowest BCUT2D eigenvalue weighted by Gasteiger charge is -2.27. The van der Waals surface area contributed by atoms with Crippen molar-refractivity contribution < 1.29 is 0 Å². The average Bonchev–Trinajstić information content (AvgIpc) is 2.69. The van der Waals surface area contributed by atoms with Gasteiger partial charge in [0.15, 0.2) is 5.96 Å². The summed E-state index contributed by atoms with van der Waals surface area (Å²) in [6.45, 7) is 4.77. The normalized spacial score (nSPS) is 15.2. The number of piperidine rings is 1. The maximum Gasteiger partial charge on any atom is 0.188 e. The van der Waals surface area contributed by atoms with E-state index in [4.69, 9.17) is 5.73 Å². The Morgan fingerprint density at radius 2 is 1.78 bits per heavy atom. The van der Waals surface area contributed by atoms with E-state index >= 15 is 0 Å². The molecule has 0 radical (unpaired) electrons. The molecule has 0 atom stereocenters. The largest absolute Gasteiger partial charge is 0.370 e. The first-order valence-corrected chi connectivity index (χ1v) is 9.54. The molecule has 0 amide bonds. The Kier molecular flexibility index (Phi) is 9.55. The zero-order valence-electron chi connectivity index (χ0n) is 15.8.